The molecular formula is C65H104N18O15P4. The zero-order valence-corrected chi connectivity index (χ0v) is 64.2. The average Bonchev–Trinajstić information content (AvgIpc) is 1.64. The molecule has 37 heteroatoms. The maximum Gasteiger partial charge on any atom is 0.280 e. The van der Waals surface area contributed by atoms with Crippen molar-refractivity contribution in [3.63, 3.8) is 0 Å². The minimum atomic E-state index is -1.27. The van der Waals surface area contributed by atoms with Crippen LogP contribution in [0.5, 0.6) is 0 Å². The van der Waals surface area contributed by atoms with Gasteiger partial charge in [-0.2, -0.15) is 9.97 Å². The number of hydrogen-bond donors (Lipinski definition) is 12. The summed E-state index contributed by atoms with van der Waals surface area (Å²) in [4.78, 5) is 93.0. The van der Waals surface area contributed by atoms with Crippen molar-refractivity contribution in [2.75, 3.05) is 109 Å². The highest BCUT2D eigenvalue weighted by atomic mass is 31.2. The second kappa shape index (κ2) is 32.6. The third-order valence-corrected chi connectivity index (χ3v) is 23.8. The molecule has 16 atom stereocenters. The molecule has 4 saturated heterocycles. The smallest absolute Gasteiger partial charge is 0.280 e. The van der Waals surface area contributed by atoms with Crippen LogP contribution in [0, 0.1) is 19.8 Å². The largest absolute Gasteiger partial charge is 0.390 e. The normalized spacial score (nSPS) is 26.9. The fourth-order valence-corrected chi connectivity index (χ4v) is 16.2. The molecule has 0 unspecified atom stereocenters. The number of aryl methyl sites for hydroxylation is 2. The molecule has 4 aliphatic rings. The number of nitrogens with one attached hydrogen (secondary N) is 6. The van der Waals surface area contributed by atoms with Crippen molar-refractivity contribution in [2.45, 2.75) is 159 Å². The SMILES string of the molecule is C=P(C)(C)CC[C@H]1O[C@@H](n2cnc3c(=O)[nH]c(C)nc32)[C@H](C)[C@@H]1O.C=P(C)(C)CC[C@H]1O[C@@H](n2cnc3c(=O)[nH]c(C)nc32)[C@H](OC)[C@@H]1O.C=P(C)(C)CC[C@H]1O[C@@H](n2cnc3c(=O)[nH]c(NCC)nc32)[C@H](O)[C@@H]1O.C=P(C)(C)CC[C@H]1O[C@@H](n2cnc3c(=O)[nH]c(NCCC)nc32)[C@H](O)[C@@H]1O. The number of aliphatic hydroxyl groups is 6. The number of nitrogens with zero attached hydrogens (tertiary/aromatic N) is 12. The molecule has 0 saturated carbocycles. The van der Waals surface area contributed by atoms with E-state index >= 15 is 0 Å². The number of ether oxygens (including phenoxy) is 5. The lowest BCUT2D eigenvalue weighted by atomic mass is 10.0. The van der Waals surface area contributed by atoms with Gasteiger partial charge in [0.1, 0.15) is 54.5 Å². The summed E-state index contributed by atoms with van der Waals surface area (Å²) in [7, 11) is 1.54. The van der Waals surface area contributed by atoms with Crippen molar-refractivity contribution in [1.82, 2.24) is 78.1 Å². The Balaban J connectivity index is 0.000000158. The lowest BCUT2D eigenvalue weighted by molar-refractivity contribution is -0.0496. The third-order valence-electron chi connectivity index (χ3n) is 18.0. The molecule has 12 rings (SSSR count). The molecule has 0 amide bonds. The number of imidazole rings is 4. The monoisotopic (exact) mass is 1500 g/mol. The summed E-state index contributed by atoms with van der Waals surface area (Å²) in [5.74, 6) is 1.57. The number of methoxy groups -OCH3 is 1. The topological polar surface area (TPSA) is 446 Å². The molecule has 0 spiro atoms. The molecular weight excluding hydrogens is 1400 g/mol. The highest BCUT2D eigenvalue weighted by molar-refractivity contribution is 7.73. The molecule has 8 aromatic heterocycles. The first-order valence-electron chi connectivity index (χ1n) is 34.0. The number of rotatable bonds is 22. The summed E-state index contributed by atoms with van der Waals surface area (Å²) in [6, 6.07) is 0. The zero-order chi connectivity index (χ0) is 74.8. The van der Waals surface area contributed by atoms with E-state index in [4.69, 9.17) is 23.7 Å². The van der Waals surface area contributed by atoms with Gasteiger partial charge in [0.2, 0.25) is 11.9 Å². The fourth-order valence-electron chi connectivity index (χ4n) is 12.4. The second-order valence-corrected chi connectivity index (χ2v) is 46.7. The molecule has 0 radical (unpaired) electrons. The van der Waals surface area contributed by atoms with Crippen LogP contribution >= 0.6 is 27.5 Å². The Morgan fingerprint density at radius 2 is 0.775 bits per heavy atom. The van der Waals surface area contributed by atoms with E-state index in [0.717, 1.165) is 37.5 Å². The highest BCUT2D eigenvalue weighted by Gasteiger charge is 2.48. The second-order valence-electron chi connectivity index (χ2n) is 29.4. The van der Waals surface area contributed by atoms with Crippen molar-refractivity contribution in [2.24, 2.45) is 5.92 Å². The van der Waals surface area contributed by atoms with Crippen LogP contribution in [-0.2, 0) is 23.7 Å². The maximum atomic E-state index is 12.2. The Morgan fingerprint density at radius 3 is 1.14 bits per heavy atom. The van der Waals surface area contributed by atoms with Crippen LogP contribution in [0.4, 0.5) is 11.9 Å². The summed E-state index contributed by atoms with van der Waals surface area (Å²) in [5, 5.41) is 68.9. The van der Waals surface area contributed by atoms with Crippen molar-refractivity contribution in [3.05, 3.63) is 78.4 Å². The summed E-state index contributed by atoms with van der Waals surface area (Å²) in [6.45, 7) is 22.8. The zero-order valence-electron chi connectivity index (χ0n) is 60.7. The van der Waals surface area contributed by atoms with Gasteiger partial charge in [0.15, 0.2) is 63.3 Å². The summed E-state index contributed by atoms with van der Waals surface area (Å²) >= 11 is 0. The average molecular weight is 1500 g/mol. The number of anilines is 2. The van der Waals surface area contributed by atoms with E-state index in [2.05, 4.69) is 149 Å². The minimum Gasteiger partial charge on any atom is -0.390 e. The quantitative estimate of drug-likeness (QED) is 0.0434. The first kappa shape index (κ1) is 79.9. The van der Waals surface area contributed by atoms with Gasteiger partial charge < -0.3 is 74.9 Å². The molecule has 0 bridgehead atoms. The van der Waals surface area contributed by atoms with E-state index in [1.807, 2.05) is 20.8 Å². The van der Waals surface area contributed by atoms with Gasteiger partial charge in [-0.25, -0.2) is 29.9 Å². The molecule has 12 heterocycles. The van der Waals surface area contributed by atoms with Crippen LogP contribution < -0.4 is 32.9 Å². The number of aromatic amines is 4. The van der Waals surface area contributed by atoms with E-state index < -0.39 is 101 Å². The molecule has 12 N–H and O–H groups in total. The van der Waals surface area contributed by atoms with Crippen LogP contribution in [0.25, 0.3) is 44.7 Å². The Kier molecular flexibility index (Phi) is 25.6. The van der Waals surface area contributed by atoms with Gasteiger partial charge in [-0.3, -0.25) is 47.4 Å². The Bertz CT molecular complexity index is 4680. The van der Waals surface area contributed by atoms with Crippen LogP contribution in [0.3, 0.4) is 0 Å². The Labute approximate surface area is 591 Å². The van der Waals surface area contributed by atoms with Crippen LogP contribution in [0.2, 0.25) is 0 Å². The van der Waals surface area contributed by atoms with E-state index in [0.29, 0.717) is 84.0 Å². The fraction of sp³-hybridized carbons (Fsp3) is 0.631. The van der Waals surface area contributed by atoms with Crippen molar-refractivity contribution in [1.29, 1.82) is 0 Å². The molecule has 33 nitrogen and oxygen atoms in total. The van der Waals surface area contributed by atoms with Gasteiger partial charge in [0.05, 0.1) is 55.8 Å². The first-order valence-corrected chi connectivity index (χ1v) is 46.2. The van der Waals surface area contributed by atoms with Gasteiger partial charge in [-0.1, -0.05) is 13.8 Å². The summed E-state index contributed by atoms with van der Waals surface area (Å²) < 4.78 is 36.0. The standard InChI is InChI=1S/C17H28N5O4P.C16H26N5O4P.C16H25N4O4P.C16H25N4O3P/c1-5-7-18-17-20-14-11(15(25)21-17)19-9-22(14)16-13(24)12(23)10(26-16)6-8-27(2,3)4;1-5-17-16-19-13-10(14(24)20-16)18-8-21(13)15-12(23)11(22)9(25-15)6-7-26(2,3)4;1-9-18-14-11(15(22)19-9)17-8-20(14)16-13(23-2)12(21)10(24-16)6-7-25(3,4)5;1-9-13(21)11(6-7-24(3,4)5)23-16(9)20-8-17-12-14(20)18-10(2)19-15(12)22/h9-10,12-13,16,23-24H,2,5-8H2,1,3-4H3,(H2,18,20,21,25);8-9,11-12,15,22-23H,2,5-7H2,1,3-4H3,(H2,17,19,20,24);8,10,12-13,16,21H,3,6-7H2,1-2,4-5H3,(H,18,19,22);8-9,11,13,16,21H,3,6-7H2,1-2,4-5H3,(H,18,19,22)/t10-,12-,13-,16-;9-,11-,12-,15-;10-,12-,13-,16-;9-,11-,13+,16-/m1111/s1. The van der Waals surface area contributed by atoms with Crippen LogP contribution in [-0.4, -0.2) is 299 Å². The van der Waals surface area contributed by atoms with Crippen molar-refractivity contribution < 1.29 is 54.3 Å². The Morgan fingerprint density at radius 1 is 0.461 bits per heavy atom. The van der Waals surface area contributed by atoms with E-state index in [-0.39, 0.29) is 63.1 Å². The molecule has 4 fully saturated rings. The van der Waals surface area contributed by atoms with Gasteiger partial charge in [-0.15, -0.1) is 52.7 Å². The highest BCUT2D eigenvalue weighted by Crippen LogP contribution is 2.45. The van der Waals surface area contributed by atoms with E-state index in [1.165, 1.54) is 35.2 Å². The molecule has 4 aliphatic heterocycles. The van der Waals surface area contributed by atoms with E-state index in [1.54, 1.807) is 29.3 Å². The number of fused-ring (bicyclic) bond motifs is 4. The van der Waals surface area contributed by atoms with Gasteiger partial charge in [0, 0.05) is 26.1 Å². The predicted octanol–water partition coefficient (Wildman–Crippen LogP) is 3.15. The van der Waals surface area contributed by atoms with Gasteiger partial charge in [0.25, 0.3) is 22.2 Å². The van der Waals surface area contributed by atoms with Crippen LogP contribution in [0.15, 0.2) is 44.5 Å². The van der Waals surface area contributed by atoms with E-state index in [9.17, 15) is 49.8 Å². The number of aliphatic hydroxyl groups excluding tert-OH is 6. The lowest BCUT2D eigenvalue weighted by Crippen LogP contribution is -2.33. The van der Waals surface area contributed by atoms with Crippen molar-refractivity contribution in [3.8, 4) is 0 Å². The maximum absolute atomic E-state index is 12.2. The molecule has 8 aromatic rings. The third kappa shape index (κ3) is 18.9. The summed E-state index contributed by atoms with van der Waals surface area (Å²) in [5.41, 5.74) is 1.06. The lowest BCUT2D eigenvalue weighted by Gasteiger charge is -2.20. The molecule has 102 heavy (non-hydrogen) atoms. The molecule has 564 valence electrons. The van der Waals surface area contributed by atoms with Crippen molar-refractivity contribution >= 4 is 109 Å². The molecule has 0 aliphatic carbocycles. The predicted molar refractivity (Wildman–Crippen MR) is 408 cm³/mol. The van der Waals surface area contributed by atoms with Crippen LogP contribution in [0.1, 0.15) is 89.4 Å². The summed E-state index contributed by atoms with van der Waals surface area (Å²) in [6.07, 6.45) is 19.4. The number of hydrogen-bond acceptors (Lipinski definition) is 25. The van der Waals surface area contributed by atoms with Gasteiger partial charge in [-0.05, 0) is 131 Å². The number of H-pyrrole nitrogens is 4. The molecule has 0 aromatic carbocycles. The Hall–Kier alpha value is -6.24. The minimum absolute atomic E-state index is 0.111. The first-order chi connectivity index (χ1) is 47.8. The van der Waals surface area contributed by atoms with Gasteiger partial charge >= 0.3 is 0 Å². The number of aromatic nitrogens is 16.